The first-order valence-corrected chi connectivity index (χ1v) is 8.35. The van der Waals surface area contributed by atoms with Gasteiger partial charge in [0.05, 0.1) is 18.5 Å². The number of rotatable bonds is 3. The largest absolute Gasteiger partial charge is 0.479 e. The van der Waals surface area contributed by atoms with E-state index in [1.807, 2.05) is 6.07 Å². The molecule has 0 bridgehead atoms. The van der Waals surface area contributed by atoms with Crippen LogP contribution in [0.1, 0.15) is 0 Å². The van der Waals surface area contributed by atoms with Crippen LogP contribution in [0.15, 0.2) is 41.5 Å². The molecule has 0 saturated carbocycles. The van der Waals surface area contributed by atoms with Gasteiger partial charge in [0.2, 0.25) is 5.88 Å². The second-order valence-electron chi connectivity index (χ2n) is 6.05. The second kappa shape index (κ2) is 6.72. The number of methoxy groups -OCH3 is 1. The maximum atomic E-state index is 13.9. The zero-order chi connectivity index (χ0) is 18.1. The molecule has 8 heteroatoms. The highest BCUT2D eigenvalue weighted by molar-refractivity contribution is 5.62. The van der Waals surface area contributed by atoms with E-state index in [2.05, 4.69) is 20.2 Å². The zero-order valence-electron chi connectivity index (χ0n) is 14.3. The van der Waals surface area contributed by atoms with E-state index in [1.165, 1.54) is 29.8 Å². The Morgan fingerprint density at radius 1 is 1.23 bits per heavy atom. The summed E-state index contributed by atoms with van der Waals surface area (Å²) in [5, 5.41) is 3.30. The summed E-state index contributed by atoms with van der Waals surface area (Å²) in [7, 11) is 1.35. The van der Waals surface area contributed by atoms with Gasteiger partial charge in [0.15, 0.2) is 5.82 Å². The van der Waals surface area contributed by atoms with Crippen LogP contribution in [0.3, 0.4) is 0 Å². The van der Waals surface area contributed by atoms with E-state index in [9.17, 15) is 9.18 Å². The fourth-order valence-electron chi connectivity index (χ4n) is 3.07. The van der Waals surface area contributed by atoms with Crippen molar-refractivity contribution in [2.75, 3.05) is 38.2 Å². The van der Waals surface area contributed by atoms with Crippen LogP contribution in [-0.4, -0.2) is 47.7 Å². The number of nitrogens with one attached hydrogen (secondary N) is 1. The first-order valence-electron chi connectivity index (χ1n) is 8.35. The number of fused-ring (bicyclic) bond motifs is 1. The Labute approximate surface area is 149 Å². The lowest BCUT2D eigenvalue weighted by atomic mass is 10.2. The van der Waals surface area contributed by atoms with E-state index < -0.39 is 5.82 Å². The minimum absolute atomic E-state index is 0.0908. The van der Waals surface area contributed by atoms with Gasteiger partial charge in [-0.05, 0) is 18.2 Å². The summed E-state index contributed by atoms with van der Waals surface area (Å²) in [6.07, 6.45) is 3.24. The summed E-state index contributed by atoms with van der Waals surface area (Å²) in [6, 6.07) is 6.40. The Balaban J connectivity index is 1.75. The van der Waals surface area contributed by atoms with Crippen molar-refractivity contribution in [1.29, 1.82) is 0 Å². The van der Waals surface area contributed by atoms with Crippen LogP contribution in [0.4, 0.5) is 10.1 Å². The molecule has 1 aliphatic heterocycles. The molecule has 3 aromatic rings. The van der Waals surface area contributed by atoms with Gasteiger partial charge in [0, 0.05) is 50.2 Å². The van der Waals surface area contributed by atoms with E-state index >= 15 is 0 Å². The van der Waals surface area contributed by atoms with Gasteiger partial charge in [-0.2, -0.15) is 0 Å². The summed E-state index contributed by atoms with van der Waals surface area (Å²) < 4.78 is 20.2. The lowest BCUT2D eigenvalue weighted by Gasteiger charge is -2.29. The minimum atomic E-state index is -0.596. The predicted molar refractivity (Wildman–Crippen MR) is 96.3 cm³/mol. The number of ether oxygens (including phenoxy) is 1. The SMILES string of the molecule is COc1ncc(-c2cc(=O)n3cc(N4CCNCC4)ccc3n2)cc1F. The molecule has 1 aliphatic rings. The molecule has 0 aromatic carbocycles. The highest BCUT2D eigenvalue weighted by Gasteiger charge is 2.13. The van der Waals surface area contributed by atoms with Crippen molar-refractivity contribution in [2.24, 2.45) is 0 Å². The lowest BCUT2D eigenvalue weighted by Crippen LogP contribution is -2.43. The number of aromatic nitrogens is 3. The van der Waals surface area contributed by atoms with E-state index in [-0.39, 0.29) is 11.4 Å². The van der Waals surface area contributed by atoms with Crippen LogP contribution in [0.25, 0.3) is 16.9 Å². The molecule has 4 heterocycles. The molecule has 0 aliphatic carbocycles. The molecule has 0 radical (unpaired) electrons. The molecule has 0 unspecified atom stereocenters. The van der Waals surface area contributed by atoms with Crippen molar-refractivity contribution in [1.82, 2.24) is 19.7 Å². The Kier molecular flexibility index (Phi) is 4.26. The lowest BCUT2D eigenvalue weighted by molar-refractivity contribution is 0.369. The molecule has 3 aromatic heterocycles. The maximum absolute atomic E-state index is 13.9. The fraction of sp³-hybridized carbons (Fsp3) is 0.278. The molecule has 134 valence electrons. The third-order valence-electron chi connectivity index (χ3n) is 4.42. The zero-order valence-corrected chi connectivity index (χ0v) is 14.3. The standard InChI is InChI=1S/C18H18FN5O2/c1-26-18-14(19)8-12(10-21-18)15-9-17(25)24-11-13(2-3-16(24)22-15)23-6-4-20-5-7-23/h2-3,8-11,20H,4-7H2,1H3. The van der Waals surface area contributed by atoms with E-state index in [4.69, 9.17) is 4.74 Å². The molecule has 26 heavy (non-hydrogen) atoms. The molecular formula is C18H18FN5O2. The van der Waals surface area contributed by atoms with Crippen LogP contribution in [0, 0.1) is 5.82 Å². The minimum Gasteiger partial charge on any atom is -0.479 e. The summed E-state index contributed by atoms with van der Waals surface area (Å²) in [4.78, 5) is 23.2. The van der Waals surface area contributed by atoms with Gasteiger partial charge in [0.25, 0.3) is 5.56 Å². The van der Waals surface area contributed by atoms with Crippen molar-refractivity contribution in [3.05, 3.63) is 52.8 Å². The third kappa shape index (κ3) is 2.99. The number of pyridine rings is 2. The molecule has 4 rings (SSSR count). The van der Waals surface area contributed by atoms with Gasteiger partial charge < -0.3 is 15.0 Å². The molecule has 7 nitrogen and oxygen atoms in total. The fourth-order valence-corrected chi connectivity index (χ4v) is 3.07. The van der Waals surface area contributed by atoms with Gasteiger partial charge >= 0.3 is 0 Å². The molecule has 1 saturated heterocycles. The van der Waals surface area contributed by atoms with Crippen molar-refractivity contribution in [3.63, 3.8) is 0 Å². The van der Waals surface area contributed by atoms with Gasteiger partial charge in [0.1, 0.15) is 5.65 Å². The normalized spacial score (nSPS) is 14.6. The molecule has 1 N–H and O–H groups in total. The monoisotopic (exact) mass is 355 g/mol. The van der Waals surface area contributed by atoms with Gasteiger partial charge in [-0.3, -0.25) is 9.20 Å². The Morgan fingerprint density at radius 2 is 2.04 bits per heavy atom. The summed E-state index contributed by atoms with van der Waals surface area (Å²) >= 11 is 0. The smallest absolute Gasteiger partial charge is 0.258 e. The van der Waals surface area contributed by atoms with E-state index in [0.29, 0.717) is 16.9 Å². The Bertz CT molecular complexity index is 1010. The van der Waals surface area contributed by atoms with Crippen molar-refractivity contribution >= 4 is 11.3 Å². The number of halogens is 1. The highest BCUT2D eigenvalue weighted by atomic mass is 19.1. The first-order chi connectivity index (χ1) is 12.7. The first kappa shape index (κ1) is 16.5. The molecular weight excluding hydrogens is 337 g/mol. The number of hydrogen-bond acceptors (Lipinski definition) is 6. The topological polar surface area (TPSA) is 71.8 Å². The van der Waals surface area contributed by atoms with E-state index in [0.717, 1.165) is 31.9 Å². The van der Waals surface area contributed by atoms with Crippen LogP contribution >= 0.6 is 0 Å². The van der Waals surface area contributed by atoms with Crippen LogP contribution in [0.2, 0.25) is 0 Å². The predicted octanol–water partition coefficient (Wildman–Crippen LogP) is 1.31. The molecule has 1 fully saturated rings. The number of nitrogens with zero attached hydrogens (tertiary/aromatic N) is 4. The van der Waals surface area contributed by atoms with Crippen molar-refractivity contribution in [2.45, 2.75) is 0 Å². The summed E-state index contributed by atoms with van der Waals surface area (Å²) in [5.74, 6) is -0.687. The Morgan fingerprint density at radius 3 is 2.77 bits per heavy atom. The second-order valence-corrected chi connectivity index (χ2v) is 6.05. The van der Waals surface area contributed by atoms with E-state index in [1.54, 1.807) is 12.3 Å². The average molecular weight is 355 g/mol. The third-order valence-corrected chi connectivity index (χ3v) is 4.42. The number of piperazine rings is 1. The quantitative estimate of drug-likeness (QED) is 0.764. The molecule has 0 spiro atoms. The van der Waals surface area contributed by atoms with Crippen LogP contribution < -0.4 is 20.5 Å². The van der Waals surface area contributed by atoms with Crippen molar-refractivity contribution in [3.8, 4) is 17.1 Å². The van der Waals surface area contributed by atoms with Crippen molar-refractivity contribution < 1.29 is 9.13 Å². The number of anilines is 1. The summed E-state index contributed by atoms with van der Waals surface area (Å²) in [5.41, 5.74) is 2.06. The average Bonchev–Trinajstić information content (AvgIpc) is 2.68. The molecule has 0 amide bonds. The van der Waals surface area contributed by atoms with Crippen LogP contribution in [-0.2, 0) is 0 Å². The maximum Gasteiger partial charge on any atom is 0.258 e. The summed E-state index contributed by atoms with van der Waals surface area (Å²) in [6.45, 7) is 3.62. The number of hydrogen-bond donors (Lipinski definition) is 1. The van der Waals surface area contributed by atoms with Crippen LogP contribution in [0.5, 0.6) is 5.88 Å². The Hall–Kier alpha value is -3.00. The highest BCUT2D eigenvalue weighted by Crippen LogP contribution is 2.22. The molecule has 0 atom stereocenters. The van der Waals surface area contributed by atoms with Gasteiger partial charge in [-0.1, -0.05) is 0 Å². The van der Waals surface area contributed by atoms with Gasteiger partial charge in [-0.25, -0.2) is 14.4 Å². The van der Waals surface area contributed by atoms with Gasteiger partial charge in [-0.15, -0.1) is 0 Å².